The first kappa shape index (κ1) is 9.97. The molecule has 0 spiro atoms. The van der Waals surface area contributed by atoms with Crippen LogP contribution in [0.15, 0.2) is 0 Å². The first-order valence-electron chi connectivity index (χ1n) is 5.57. The zero-order valence-electron chi connectivity index (χ0n) is 8.74. The average Bonchev–Trinajstić information content (AvgIpc) is 2.50. The minimum atomic E-state index is -0.0888. The van der Waals surface area contributed by atoms with Gasteiger partial charge >= 0.3 is 5.97 Å². The fourth-order valence-corrected chi connectivity index (χ4v) is 3.20. The van der Waals surface area contributed by atoms with Gasteiger partial charge in [0.15, 0.2) is 0 Å². The second kappa shape index (κ2) is 3.89. The van der Waals surface area contributed by atoms with E-state index in [2.05, 4.69) is 0 Å². The van der Waals surface area contributed by atoms with Crippen LogP contribution in [0.25, 0.3) is 0 Å². The number of carbonyl (C=O) groups is 1. The van der Waals surface area contributed by atoms with Gasteiger partial charge in [0.1, 0.15) is 0 Å². The largest absolute Gasteiger partial charge is 0.469 e. The summed E-state index contributed by atoms with van der Waals surface area (Å²) in [6.45, 7) is 0. The second-order valence-corrected chi connectivity index (χ2v) is 4.65. The number of ether oxygens (including phenoxy) is 1. The van der Waals surface area contributed by atoms with E-state index >= 15 is 0 Å². The predicted molar refractivity (Wildman–Crippen MR) is 53.5 cm³/mol. The van der Waals surface area contributed by atoms with E-state index in [0.717, 1.165) is 12.8 Å². The normalized spacial score (nSPS) is 41.9. The van der Waals surface area contributed by atoms with Gasteiger partial charge in [-0.05, 0) is 37.5 Å². The lowest BCUT2D eigenvalue weighted by Gasteiger charge is -2.36. The topological polar surface area (TPSA) is 52.3 Å². The molecule has 0 radical (unpaired) electrons. The number of methoxy groups -OCH3 is 1. The lowest BCUT2D eigenvalue weighted by molar-refractivity contribution is -0.150. The van der Waals surface area contributed by atoms with Gasteiger partial charge in [-0.15, -0.1) is 0 Å². The maximum absolute atomic E-state index is 11.6. The minimum absolute atomic E-state index is 0.0266. The molecule has 2 bridgehead atoms. The fourth-order valence-electron chi connectivity index (χ4n) is 3.20. The highest BCUT2D eigenvalue weighted by molar-refractivity contribution is 5.73. The second-order valence-electron chi connectivity index (χ2n) is 4.65. The van der Waals surface area contributed by atoms with Gasteiger partial charge in [0.05, 0.1) is 13.0 Å². The number of carbonyl (C=O) groups excluding carboxylic acids is 1. The molecule has 0 aromatic rings. The van der Waals surface area contributed by atoms with Gasteiger partial charge in [0, 0.05) is 6.04 Å². The Bertz CT molecular complexity index is 223. The first-order valence-corrected chi connectivity index (χ1v) is 5.57. The van der Waals surface area contributed by atoms with Gasteiger partial charge in [-0.3, -0.25) is 4.79 Å². The number of fused-ring (bicyclic) bond motifs is 4. The summed E-state index contributed by atoms with van der Waals surface area (Å²) in [7, 11) is 1.47. The van der Waals surface area contributed by atoms with Crippen LogP contribution in [0.4, 0.5) is 0 Å². The van der Waals surface area contributed by atoms with Crippen LogP contribution in [0.2, 0.25) is 0 Å². The lowest BCUT2D eigenvalue weighted by Crippen LogP contribution is -2.47. The van der Waals surface area contributed by atoms with Crippen LogP contribution in [0.1, 0.15) is 32.1 Å². The van der Waals surface area contributed by atoms with E-state index in [0.29, 0.717) is 11.8 Å². The summed E-state index contributed by atoms with van der Waals surface area (Å²) < 4.78 is 4.85. The summed E-state index contributed by atoms with van der Waals surface area (Å²) >= 11 is 0. The SMILES string of the molecule is COC(=O)C1C2CCCC(CC2)C1N. The molecule has 0 heterocycles. The molecule has 80 valence electrons. The Morgan fingerprint density at radius 1 is 1.21 bits per heavy atom. The first-order chi connectivity index (χ1) is 6.74. The van der Waals surface area contributed by atoms with Crippen molar-refractivity contribution < 1.29 is 9.53 Å². The molecule has 14 heavy (non-hydrogen) atoms. The molecule has 0 aliphatic heterocycles. The summed E-state index contributed by atoms with van der Waals surface area (Å²) in [5.74, 6) is 0.921. The molecule has 0 aromatic heterocycles. The molecular weight excluding hydrogens is 178 g/mol. The Hall–Kier alpha value is -0.570. The minimum Gasteiger partial charge on any atom is -0.469 e. The maximum Gasteiger partial charge on any atom is 0.310 e. The molecule has 3 rings (SSSR count). The Morgan fingerprint density at radius 2 is 1.86 bits per heavy atom. The van der Waals surface area contributed by atoms with Gasteiger partial charge in [-0.25, -0.2) is 0 Å². The molecule has 4 unspecified atom stereocenters. The van der Waals surface area contributed by atoms with Gasteiger partial charge < -0.3 is 10.5 Å². The third-order valence-electron chi connectivity index (χ3n) is 4.00. The van der Waals surface area contributed by atoms with Crippen LogP contribution >= 0.6 is 0 Å². The van der Waals surface area contributed by atoms with Crippen molar-refractivity contribution in [2.45, 2.75) is 38.1 Å². The van der Waals surface area contributed by atoms with Crippen molar-refractivity contribution >= 4 is 5.97 Å². The van der Waals surface area contributed by atoms with Gasteiger partial charge in [-0.2, -0.15) is 0 Å². The fraction of sp³-hybridized carbons (Fsp3) is 0.909. The summed E-state index contributed by atoms with van der Waals surface area (Å²) in [5, 5.41) is 0. The maximum atomic E-state index is 11.6. The molecule has 0 saturated heterocycles. The summed E-state index contributed by atoms with van der Waals surface area (Å²) in [6.07, 6.45) is 5.96. The summed E-state index contributed by atoms with van der Waals surface area (Å²) in [6, 6.07) is 0.0451. The Kier molecular flexibility index (Phi) is 2.77. The number of esters is 1. The molecule has 0 aromatic carbocycles. The molecule has 4 atom stereocenters. The molecule has 3 aliphatic carbocycles. The predicted octanol–water partition coefficient (Wildman–Crippen LogP) is 1.31. The Balaban J connectivity index is 2.18. The summed E-state index contributed by atoms with van der Waals surface area (Å²) in [5.41, 5.74) is 6.14. The highest BCUT2D eigenvalue weighted by Gasteiger charge is 2.43. The van der Waals surface area contributed by atoms with E-state index in [4.69, 9.17) is 10.5 Å². The molecule has 3 saturated carbocycles. The molecule has 3 nitrogen and oxygen atoms in total. The number of hydrogen-bond donors (Lipinski definition) is 1. The van der Waals surface area contributed by atoms with Crippen molar-refractivity contribution in [1.29, 1.82) is 0 Å². The molecule has 3 heteroatoms. The third kappa shape index (κ3) is 1.54. The van der Waals surface area contributed by atoms with Crippen molar-refractivity contribution in [2.75, 3.05) is 7.11 Å². The van der Waals surface area contributed by atoms with E-state index in [-0.39, 0.29) is 17.9 Å². The van der Waals surface area contributed by atoms with Crippen LogP contribution in [0.3, 0.4) is 0 Å². The van der Waals surface area contributed by atoms with Crippen LogP contribution in [-0.4, -0.2) is 19.1 Å². The van der Waals surface area contributed by atoms with Crippen LogP contribution < -0.4 is 5.73 Å². The summed E-state index contributed by atoms with van der Waals surface area (Å²) in [4.78, 5) is 11.6. The van der Waals surface area contributed by atoms with Gasteiger partial charge in [-0.1, -0.05) is 6.42 Å². The number of rotatable bonds is 1. The average molecular weight is 197 g/mol. The van der Waals surface area contributed by atoms with Crippen molar-refractivity contribution in [1.82, 2.24) is 0 Å². The van der Waals surface area contributed by atoms with Crippen molar-refractivity contribution in [2.24, 2.45) is 23.5 Å². The Labute approximate surface area is 85.0 Å². The number of hydrogen-bond acceptors (Lipinski definition) is 3. The Morgan fingerprint density at radius 3 is 2.57 bits per heavy atom. The van der Waals surface area contributed by atoms with Gasteiger partial charge in [0.2, 0.25) is 0 Å². The highest BCUT2D eigenvalue weighted by Crippen LogP contribution is 2.42. The quantitative estimate of drug-likeness (QED) is 0.645. The van der Waals surface area contributed by atoms with Crippen LogP contribution in [-0.2, 0) is 9.53 Å². The zero-order chi connectivity index (χ0) is 10.1. The van der Waals surface area contributed by atoms with Gasteiger partial charge in [0.25, 0.3) is 0 Å². The molecule has 3 fully saturated rings. The van der Waals surface area contributed by atoms with Crippen molar-refractivity contribution in [3.05, 3.63) is 0 Å². The zero-order valence-corrected chi connectivity index (χ0v) is 8.74. The van der Waals surface area contributed by atoms with E-state index in [1.165, 1.54) is 26.4 Å². The molecule has 0 amide bonds. The standard InChI is InChI=1S/C11H19NO2/c1-14-11(13)9-7-3-2-4-8(6-5-7)10(9)12/h7-10H,2-6,12H2,1H3. The third-order valence-corrected chi connectivity index (χ3v) is 4.00. The van der Waals surface area contributed by atoms with Crippen LogP contribution in [0, 0.1) is 17.8 Å². The van der Waals surface area contributed by atoms with E-state index < -0.39 is 0 Å². The lowest BCUT2D eigenvalue weighted by atomic mass is 9.72. The van der Waals surface area contributed by atoms with E-state index in [9.17, 15) is 4.79 Å². The van der Waals surface area contributed by atoms with E-state index in [1.807, 2.05) is 0 Å². The number of nitrogens with two attached hydrogens (primary N) is 1. The van der Waals surface area contributed by atoms with Crippen LogP contribution in [0.5, 0.6) is 0 Å². The van der Waals surface area contributed by atoms with Crippen molar-refractivity contribution in [3.63, 3.8) is 0 Å². The molecule has 2 N–H and O–H groups in total. The molecule has 3 aliphatic rings. The van der Waals surface area contributed by atoms with Crippen molar-refractivity contribution in [3.8, 4) is 0 Å². The molecular formula is C11H19NO2. The smallest absolute Gasteiger partial charge is 0.310 e. The highest BCUT2D eigenvalue weighted by atomic mass is 16.5. The van der Waals surface area contributed by atoms with E-state index in [1.54, 1.807) is 0 Å². The monoisotopic (exact) mass is 197 g/mol.